The van der Waals surface area contributed by atoms with Crippen molar-refractivity contribution in [3.8, 4) is 0 Å². The summed E-state index contributed by atoms with van der Waals surface area (Å²) in [5.41, 5.74) is 1.00. The number of aliphatic hydroxyl groups is 1. The third-order valence-electron chi connectivity index (χ3n) is 2.58. The van der Waals surface area contributed by atoms with Crippen LogP contribution in [0.25, 0.3) is 0 Å². The SMILES string of the molecule is Cc1csc(CO)c1S(=O)(=O)Nc1ccc(Cl)cc1Br. The van der Waals surface area contributed by atoms with Crippen molar-refractivity contribution in [3.63, 3.8) is 0 Å². The van der Waals surface area contributed by atoms with Crippen molar-refractivity contribution in [1.29, 1.82) is 0 Å². The van der Waals surface area contributed by atoms with Gasteiger partial charge >= 0.3 is 0 Å². The van der Waals surface area contributed by atoms with Crippen molar-refractivity contribution >= 4 is 54.6 Å². The number of aliphatic hydroxyl groups excluding tert-OH is 1. The smallest absolute Gasteiger partial charge is 0.263 e. The number of thiophene rings is 1. The number of hydrogen-bond acceptors (Lipinski definition) is 4. The fourth-order valence-electron chi connectivity index (χ4n) is 1.73. The van der Waals surface area contributed by atoms with Gasteiger partial charge in [-0.05, 0) is 52.0 Å². The summed E-state index contributed by atoms with van der Waals surface area (Å²) in [4.78, 5) is 0.548. The van der Waals surface area contributed by atoms with E-state index in [1.54, 1.807) is 30.5 Å². The fraction of sp³-hybridized carbons (Fsp3) is 0.167. The highest BCUT2D eigenvalue weighted by molar-refractivity contribution is 9.10. The van der Waals surface area contributed by atoms with Gasteiger partial charge in [0.05, 0.1) is 17.2 Å². The molecule has 1 aromatic heterocycles. The van der Waals surface area contributed by atoms with Crippen LogP contribution in [-0.4, -0.2) is 13.5 Å². The van der Waals surface area contributed by atoms with Gasteiger partial charge in [0.25, 0.3) is 10.0 Å². The van der Waals surface area contributed by atoms with Gasteiger partial charge < -0.3 is 5.11 Å². The Morgan fingerprint density at radius 2 is 2.15 bits per heavy atom. The van der Waals surface area contributed by atoms with Crippen LogP contribution in [0.5, 0.6) is 0 Å². The molecule has 108 valence electrons. The largest absolute Gasteiger partial charge is 0.391 e. The zero-order chi connectivity index (χ0) is 14.9. The van der Waals surface area contributed by atoms with Crippen LogP contribution < -0.4 is 4.72 Å². The summed E-state index contributed by atoms with van der Waals surface area (Å²) in [6.45, 7) is 1.39. The molecule has 0 spiro atoms. The molecule has 1 heterocycles. The topological polar surface area (TPSA) is 66.4 Å². The Kier molecular flexibility index (Phi) is 4.76. The minimum Gasteiger partial charge on any atom is -0.391 e. The van der Waals surface area contributed by atoms with Crippen molar-refractivity contribution in [2.45, 2.75) is 18.4 Å². The van der Waals surface area contributed by atoms with Crippen LogP contribution in [0, 0.1) is 6.92 Å². The lowest BCUT2D eigenvalue weighted by Crippen LogP contribution is -2.15. The number of sulfonamides is 1. The summed E-state index contributed by atoms with van der Waals surface area (Å²) in [6.07, 6.45) is 0. The summed E-state index contributed by atoms with van der Waals surface area (Å²) in [7, 11) is -3.75. The summed E-state index contributed by atoms with van der Waals surface area (Å²) in [6, 6.07) is 4.77. The lowest BCUT2D eigenvalue weighted by molar-refractivity contribution is 0.282. The average Bonchev–Trinajstić information content (AvgIpc) is 2.75. The van der Waals surface area contributed by atoms with Crippen LogP contribution >= 0.6 is 38.9 Å². The molecule has 0 amide bonds. The lowest BCUT2D eigenvalue weighted by Gasteiger charge is -2.11. The Bertz CT molecular complexity index is 743. The van der Waals surface area contributed by atoms with Crippen LogP contribution in [-0.2, 0) is 16.6 Å². The molecule has 0 radical (unpaired) electrons. The van der Waals surface area contributed by atoms with Gasteiger partial charge in [0.1, 0.15) is 4.90 Å². The van der Waals surface area contributed by atoms with Crippen molar-refractivity contribution in [2.75, 3.05) is 4.72 Å². The van der Waals surface area contributed by atoms with E-state index in [1.165, 1.54) is 11.3 Å². The van der Waals surface area contributed by atoms with E-state index in [0.717, 1.165) is 0 Å². The van der Waals surface area contributed by atoms with Gasteiger partial charge in [-0.1, -0.05) is 11.6 Å². The molecule has 0 aliphatic carbocycles. The molecule has 0 aliphatic rings. The summed E-state index contributed by atoms with van der Waals surface area (Å²) in [5, 5.41) is 11.5. The highest BCUT2D eigenvalue weighted by atomic mass is 79.9. The Hall–Kier alpha value is -0.600. The molecule has 8 heteroatoms. The molecule has 0 bridgehead atoms. The zero-order valence-corrected chi connectivity index (χ0v) is 14.3. The minimum absolute atomic E-state index is 0.131. The second-order valence-corrected chi connectivity index (χ2v) is 7.93. The molecule has 2 N–H and O–H groups in total. The fourth-order valence-corrected chi connectivity index (χ4v) is 5.38. The maximum atomic E-state index is 12.4. The molecule has 0 atom stereocenters. The van der Waals surface area contributed by atoms with Gasteiger partial charge in [0, 0.05) is 9.50 Å². The number of rotatable bonds is 4. The van der Waals surface area contributed by atoms with Crippen molar-refractivity contribution < 1.29 is 13.5 Å². The van der Waals surface area contributed by atoms with Gasteiger partial charge in [-0.15, -0.1) is 11.3 Å². The first-order valence-electron chi connectivity index (χ1n) is 5.51. The normalized spacial score (nSPS) is 11.6. The maximum absolute atomic E-state index is 12.4. The summed E-state index contributed by atoms with van der Waals surface area (Å²) in [5.74, 6) is 0. The van der Waals surface area contributed by atoms with E-state index < -0.39 is 10.0 Å². The van der Waals surface area contributed by atoms with Gasteiger partial charge in [0.2, 0.25) is 0 Å². The monoisotopic (exact) mass is 395 g/mol. The molecule has 4 nitrogen and oxygen atoms in total. The van der Waals surface area contributed by atoms with E-state index >= 15 is 0 Å². The highest BCUT2D eigenvalue weighted by Gasteiger charge is 2.23. The first-order chi connectivity index (χ1) is 9.35. The Balaban J connectivity index is 2.43. The first-order valence-corrected chi connectivity index (χ1v) is 9.04. The third-order valence-corrected chi connectivity index (χ3v) is 6.28. The van der Waals surface area contributed by atoms with Gasteiger partial charge in [-0.25, -0.2) is 8.42 Å². The van der Waals surface area contributed by atoms with E-state index in [9.17, 15) is 13.5 Å². The second-order valence-electron chi connectivity index (χ2n) is 4.06. The van der Waals surface area contributed by atoms with Gasteiger partial charge in [-0.3, -0.25) is 4.72 Å². The molecule has 2 aromatic rings. The van der Waals surface area contributed by atoms with E-state index in [-0.39, 0.29) is 11.5 Å². The molecule has 20 heavy (non-hydrogen) atoms. The van der Waals surface area contributed by atoms with Crippen LogP contribution in [0.15, 0.2) is 32.9 Å². The summed E-state index contributed by atoms with van der Waals surface area (Å²) >= 11 is 10.3. The number of anilines is 1. The Morgan fingerprint density at radius 1 is 1.45 bits per heavy atom. The van der Waals surface area contributed by atoms with Crippen molar-refractivity contribution in [3.05, 3.63) is 43.5 Å². The number of nitrogens with one attached hydrogen (secondary N) is 1. The molecular formula is C12H11BrClNO3S2. The quantitative estimate of drug-likeness (QED) is 0.827. The minimum atomic E-state index is -3.75. The van der Waals surface area contributed by atoms with E-state index in [2.05, 4.69) is 20.7 Å². The summed E-state index contributed by atoms with van der Waals surface area (Å²) < 4.78 is 27.9. The first kappa shape index (κ1) is 15.8. The molecule has 0 unspecified atom stereocenters. The highest BCUT2D eigenvalue weighted by Crippen LogP contribution is 2.31. The van der Waals surface area contributed by atoms with Crippen LogP contribution in [0.4, 0.5) is 5.69 Å². The van der Waals surface area contributed by atoms with Crippen molar-refractivity contribution in [1.82, 2.24) is 0 Å². The molecule has 0 saturated carbocycles. The standard InChI is InChI=1S/C12H11BrClNO3S2/c1-7-6-19-11(5-16)12(7)20(17,18)15-10-3-2-8(14)4-9(10)13/h2-4,6,15-16H,5H2,1H3. The number of hydrogen-bond donors (Lipinski definition) is 2. The third kappa shape index (κ3) is 3.17. The molecular weight excluding hydrogens is 386 g/mol. The predicted molar refractivity (Wildman–Crippen MR) is 84.9 cm³/mol. The van der Waals surface area contributed by atoms with Gasteiger partial charge in [-0.2, -0.15) is 0 Å². The van der Waals surface area contributed by atoms with Crippen molar-refractivity contribution in [2.24, 2.45) is 0 Å². The number of halogens is 2. The average molecular weight is 397 g/mol. The molecule has 1 aromatic carbocycles. The molecule has 0 saturated heterocycles. The number of aryl methyl sites for hydroxylation is 1. The van der Waals surface area contributed by atoms with E-state index in [1.807, 2.05) is 0 Å². The predicted octanol–water partition coefficient (Wildman–Crippen LogP) is 3.77. The zero-order valence-electron chi connectivity index (χ0n) is 10.4. The van der Waals surface area contributed by atoms with Crippen LogP contribution in [0.3, 0.4) is 0 Å². The van der Waals surface area contributed by atoms with Crippen LogP contribution in [0.2, 0.25) is 5.02 Å². The maximum Gasteiger partial charge on any atom is 0.263 e. The molecule has 2 rings (SSSR count). The lowest BCUT2D eigenvalue weighted by atomic mass is 10.3. The van der Waals surface area contributed by atoms with E-state index in [0.29, 0.717) is 25.6 Å². The number of benzene rings is 1. The van der Waals surface area contributed by atoms with Crippen LogP contribution in [0.1, 0.15) is 10.4 Å². The van der Waals surface area contributed by atoms with Gasteiger partial charge in [0.15, 0.2) is 0 Å². The molecule has 0 aliphatic heterocycles. The Labute approximate surface area is 134 Å². The second kappa shape index (κ2) is 6.03. The Morgan fingerprint density at radius 3 is 2.75 bits per heavy atom. The van der Waals surface area contributed by atoms with E-state index in [4.69, 9.17) is 11.6 Å². The molecule has 0 fully saturated rings.